The van der Waals surface area contributed by atoms with Crippen molar-refractivity contribution in [2.24, 2.45) is 0 Å². The quantitative estimate of drug-likeness (QED) is 0.699. The van der Waals surface area contributed by atoms with Crippen LogP contribution in [0.3, 0.4) is 0 Å². The van der Waals surface area contributed by atoms with Gasteiger partial charge in [0.2, 0.25) is 10.0 Å². The van der Waals surface area contributed by atoms with Gasteiger partial charge in [0.1, 0.15) is 5.75 Å². The predicted molar refractivity (Wildman–Crippen MR) is 92.9 cm³/mol. The number of hydrogen-bond donors (Lipinski definition) is 2. The van der Waals surface area contributed by atoms with Crippen molar-refractivity contribution in [2.75, 3.05) is 11.9 Å². The van der Waals surface area contributed by atoms with E-state index in [1.54, 1.807) is 0 Å². The average molecular weight is 400 g/mol. The van der Waals surface area contributed by atoms with Gasteiger partial charge in [-0.15, -0.1) is 19.8 Å². The summed E-state index contributed by atoms with van der Waals surface area (Å²) < 4.78 is 66.3. The first-order valence-corrected chi connectivity index (χ1v) is 8.97. The fourth-order valence-electron chi connectivity index (χ4n) is 1.98. The van der Waals surface area contributed by atoms with Crippen molar-refractivity contribution in [3.05, 3.63) is 66.7 Å². The average Bonchev–Trinajstić information content (AvgIpc) is 2.60. The molecule has 0 aliphatic rings. The number of amides is 1. The van der Waals surface area contributed by atoms with E-state index in [1.807, 2.05) is 0 Å². The molecule has 0 fully saturated rings. The molecule has 0 aromatic heterocycles. The molecule has 0 atom stereocenters. The van der Waals surface area contributed by atoms with E-state index in [2.05, 4.69) is 21.4 Å². The fraction of sp³-hybridized carbons (Fsp3) is 0.118. The van der Waals surface area contributed by atoms with Crippen LogP contribution in [0, 0.1) is 0 Å². The number of nitrogens with one attached hydrogen (secondary N) is 2. The zero-order valence-electron chi connectivity index (χ0n) is 13.8. The summed E-state index contributed by atoms with van der Waals surface area (Å²) >= 11 is 0. The molecule has 27 heavy (non-hydrogen) atoms. The summed E-state index contributed by atoms with van der Waals surface area (Å²) in [5.41, 5.74) is 0.423. The number of benzene rings is 2. The summed E-state index contributed by atoms with van der Waals surface area (Å²) in [6.45, 7) is 3.48. The van der Waals surface area contributed by atoms with Gasteiger partial charge in [0.05, 0.1) is 4.90 Å². The third-order valence-electron chi connectivity index (χ3n) is 3.19. The molecule has 0 radical (unpaired) electrons. The lowest BCUT2D eigenvalue weighted by Crippen LogP contribution is -2.23. The van der Waals surface area contributed by atoms with Crippen LogP contribution >= 0.6 is 0 Å². The van der Waals surface area contributed by atoms with E-state index in [4.69, 9.17) is 0 Å². The SMILES string of the molecule is C=CCNS(=O)(=O)c1ccc(C(=O)Nc2ccc(OC(F)(F)F)cc2)cc1. The Balaban J connectivity index is 2.05. The fourth-order valence-corrected chi connectivity index (χ4v) is 2.98. The maximum Gasteiger partial charge on any atom is 0.573 e. The van der Waals surface area contributed by atoms with Crippen LogP contribution in [0.25, 0.3) is 0 Å². The Morgan fingerprint density at radius 3 is 2.19 bits per heavy atom. The first kappa shape index (κ1) is 20.5. The minimum atomic E-state index is -4.80. The molecule has 0 spiro atoms. The van der Waals surface area contributed by atoms with Crippen molar-refractivity contribution < 1.29 is 31.1 Å². The van der Waals surface area contributed by atoms with Crippen LogP contribution in [-0.4, -0.2) is 27.2 Å². The molecule has 0 heterocycles. The van der Waals surface area contributed by atoms with Crippen LogP contribution < -0.4 is 14.8 Å². The molecule has 0 saturated carbocycles. The number of ether oxygens (including phenoxy) is 1. The molecule has 2 aromatic carbocycles. The largest absolute Gasteiger partial charge is 0.573 e. The number of hydrogen-bond acceptors (Lipinski definition) is 4. The summed E-state index contributed by atoms with van der Waals surface area (Å²) in [5, 5.41) is 2.49. The standard InChI is InChI=1S/C17H15F3N2O4S/c1-2-11-21-27(24,25)15-9-3-12(4-10-15)16(23)22-13-5-7-14(8-6-13)26-17(18,19)20/h2-10,21H,1,11H2,(H,22,23). The van der Waals surface area contributed by atoms with Crippen molar-refractivity contribution in [3.8, 4) is 5.75 Å². The molecule has 0 bridgehead atoms. The number of rotatable bonds is 7. The maximum atomic E-state index is 12.2. The Bertz CT molecular complexity index is 909. The molecule has 2 N–H and O–H groups in total. The highest BCUT2D eigenvalue weighted by molar-refractivity contribution is 7.89. The van der Waals surface area contributed by atoms with Crippen LogP contribution in [0.1, 0.15) is 10.4 Å². The van der Waals surface area contributed by atoms with Gasteiger partial charge in [0.15, 0.2) is 0 Å². The topological polar surface area (TPSA) is 84.5 Å². The number of sulfonamides is 1. The van der Waals surface area contributed by atoms with E-state index in [0.29, 0.717) is 0 Å². The Labute approximate surface area is 153 Å². The number of carbonyl (C=O) groups excluding carboxylic acids is 1. The summed E-state index contributed by atoms with van der Waals surface area (Å²) in [6, 6.07) is 9.78. The maximum absolute atomic E-state index is 12.2. The number of halogens is 3. The van der Waals surface area contributed by atoms with E-state index < -0.39 is 28.0 Å². The van der Waals surface area contributed by atoms with Crippen molar-refractivity contribution >= 4 is 21.6 Å². The second kappa shape index (κ2) is 8.23. The monoisotopic (exact) mass is 400 g/mol. The lowest BCUT2D eigenvalue weighted by atomic mass is 10.2. The van der Waals surface area contributed by atoms with Gasteiger partial charge in [-0.05, 0) is 48.5 Å². The highest BCUT2D eigenvalue weighted by atomic mass is 32.2. The van der Waals surface area contributed by atoms with E-state index >= 15 is 0 Å². The molecule has 10 heteroatoms. The normalized spacial score (nSPS) is 11.7. The predicted octanol–water partition coefficient (Wildman–Crippen LogP) is 3.30. The van der Waals surface area contributed by atoms with Crippen LogP contribution in [0.2, 0.25) is 0 Å². The molecule has 2 rings (SSSR count). The summed E-state index contributed by atoms with van der Waals surface area (Å²) in [7, 11) is -3.70. The molecule has 1 amide bonds. The van der Waals surface area contributed by atoms with Crippen LogP contribution in [0.15, 0.2) is 66.1 Å². The Morgan fingerprint density at radius 2 is 1.67 bits per heavy atom. The van der Waals surface area contributed by atoms with Gasteiger partial charge < -0.3 is 10.1 Å². The minimum Gasteiger partial charge on any atom is -0.406 e. The third kappa shape index (κ3) is 6.12. The zero-order chi connectivity index (χ0) is 20.1. The summed E-state index contributed by atoms with van der Waals surface area (Å²) in [5.74, 6) is -0.968. The van der Waals surface area contributed by atoms with Crippen LogP contribution in [0.4, 0.5) is 18.9 Å². The third-order valence-corrected chi connectivity index (χ3v) is 4.63. The van der Waals surface area contributed by atoms with Crippen LogP contribution in [-0.2, 0) is 10.0 Å². The van der Waals surface area contributed by atoms with Crippen molar-refractivity contribution in [2.45, 2.75) is 11.3 Å². The van der Waals surface area contributed by atoms with Gasteiger partial charge in [0, 0.05) is 17.8 Å². The lowest BCUT2D eigenvalue weighted by Gasteiger charge is -2.10. The van der Waals surface area contributed by atoms with Gasteiger partial charge in [-0.1, -0.05) is 6.08 Å². The number of alkyl halides is 3. The lowest BCUT2D eigenvalue weighted by molar-refractivity contribution is -0.274. The second-order valence-electron chi connectivity index (χ2n) is 5.19. The summed E-state index contributed by atoms with van der Waals surface area (Å²) in [6.07, 6.45) is -3.40. The van der Waals surface area contributed by atoms with Crippen molar-refractivity contribution in [1.29, 1.82) is 0 Å². The number of carbonyl (C=O) groups is 1. The van der Waals surface area contributed by atoms with Crippen LogP contribution in [0.5, 0.6) is 5.75 Å². The Morgan fingerprint density at radius 1 is 1.07 bits per heavy atom. The van der Waals surface area contributed by atoms with Crippen molar-refractivity contribution in [1.82, 2.24) is 4.72 Å². The second-order valence-corrected chi connectivity index (χ2v) is 6.96. The highest BCUT2D eigenvalue weighted by Gasteiger charge is 2.30. The summed E-state index contributed by atoms with van der Waals surface area (Å²) in [4.78, 5) is 12.1. The molecular weight excluding hydrogens is 385 g/mol. The van der Waals surface area contributed by atoms with E-state index in [9.17, 15) is 26.4 Å². The van der Waals surface area contributed by atoms with Gasteiger partial charge in [-0.25, -0.2) is 13.1 Å². The molecule has 0 unspecified atom stereocenters. The van der Waals surface area contributed by atoms with E-state index in [1.165, 1.54) is 42.5 Å². The molecule has 6 nitrogen and oxygen atoms in total. The molecule has 2 aromatic rings. The molecular formula is C17H15F3N2O4S. The first-order chi connectivity index (χ1) is 12.6. The highest BCUT2D eigenvalue weighted by Crippen LogP contribution is 2.24. The number of anilines is 1. The Hall–Kier alpha value is -2.85. The van der Waals surface area contributed by atoms with E-state index in [-0.39, 0.29) is 22.7 Å². The Kier molecular flexibility index (Phi) is 6.24. The van der Waals surface area contributed by atoms with Gasteiger partial charge in [0.25, 0.3) is 5.91 Å². The first-order valence-electron chi connectivity index (χ1n) is 7.48. The molecule has 0 aliphatic carbocycles. The zero-order valence-corrected chi connectivity index (χ0v) is 14.6. The van der Waals surface area contributed by atoms with Crippen molar-refractivity contribution in [3.63, 3.8) is 0 Å². The molecule has 0 saturated heterocycles. The van der Waals surface area contributed by atoms with Gasteiger partial charge in [-0.3, -0.25) is 4.79 Å². The smallest absolute Gasteiger partial charge is 0.406 e. The minimum absolute atomic E-state index is 0.0189. The van der Waals surface area contributed by atoms with Gasteiger partial charge >= 0.3 is 6.36 Å². The molecule has 144 valence electrons. The van der Waals surface area contributed by atoms with Gasteiger partial charge in [-0.2, -0.15) is 0 Å². The molecule has 0 aliphatic heterocycles. The van der Waals surface area contributed by atoms with E-state index in [0.717, 1.165) is 12.1 Å².